The van der Waals surface area contributed by atoms with Crippen molar-refractivity contribution in [2.24, 2.45) is 35.0 Å². The van der Waals surface area contributed by atoms with Crippen LogP contribution >= 0.6 is 11.6 Å². The van der Waals surface area contributed by atoms with Gasteiger partial charge in [0.2, 0.25) is 0 Å². The summed E-state index contributed by atoms with van der Waals surface area (Å²) >= 11 is 6.28. The Kier molecular flexibility index (Phi) is 20.1. The summed E-state index contributed by atoms with van der Waals surface area (Å²) in [6, 6.07) is 0.508. The smallest absolute Gasteiger partial charge is 0.0465 e. The lowest BCUT2D eigenvalue weighted by Gasteiger charge is -2.49. The number of hydrogen-bond acceptors (Lipinski definition) is 3. The maximum atomic E-state index is 9.92. The summed E-state index contributed by atoms with van der Waals surface area (Å²) in [6.45, 7) is 14.7. The first-order chi connectivity index (χ1) is 17.3. The molecule has 1 heterocycles. The maximum Gasteiger partial charge on any atom is 0.0465 e. The lowest BCUT2D eigenvalue weighted by Crippen LogP contribution is -2.53. The van der Waals surface area contributed by atoms with Crippen molar-refractivity contribution in [1.82, 2.24) is 10.2 Å². The number of nitrogens with one attached hydrogen (secondary N) is 1. The molecule has 0 bridgehead atoms. The lowest BCUT2D eigenvalue weighted by atomic mass is 9.65. The fraction of sp³-hybridized carbons (Fsp3) is 0.818. The van der Waals surface area contributed by atoms with Crippen LogP contribution in [0.1, 0.15) is 99.3 Å². The van der Waals surface area contributed by atoms with E-state index in [0.717, 1.165) is 42.8 Å². The first-order valence-electron chi connectivity index (χ1n) is 15.1. The Bertz CT molecular complexity index is 828. The van der Waals surface area contributed by atoms with E-state index >= 15 is 0 Å². The van der Waals surface area contributed by atoms with Crippen LogP contribution in [0.5, 0.6) is 0 Å². The predicted molar refractivity (Wildman–Crippen MR) is 175 cm³/mol. The first-order valence-corrected chi connectivity index (χ1v) is 15.4. The molecule has 244 valence electrons. The van der Waals surface area contributed by atoms with Crippen molar-refractivity contribution >= 4 is 11.6 Å². The second-order valence-electron chi connectivity index (χ2n) is 13.4. The van der Waals surface area contributed by atoms with Crippen LogP contribution in [0.2, 0.25) is 0 Å². The molecule has 0 aromatic rings. The van der Waals surface area contributed by atoms with Crippen LogP contribution in [0.3, 0.4) is 0 Å². The van der Waals surface area contributed by atoms with Gasteiger partial charge in [0, 0.05) is 37.3 Å². The van der Waals surface area contributed by atoms with Gasteiger partial charge < -0.3 is 37.2 Å². The molecule has 4 unspecified atom stereocenters. The minimum atomic E-state index is 0. The van der Waals surface area contributed by atoms with Crippen LogP contribution in [-0.4, -0.2) is 70.7 Å². The number of hydrogen-bond donors (Lipinski definition) is 2. The number of likely N-dealkylation sites (tertiary alicyclic amines) is 1. The van der Waals surface area contributed by atoms with Crippen molar-refractivity contribution in [1.29, 1.82) is 0 Å². The molecular weight excluding hydrogens is 540 g/mol. The lowest BCUT2D eigenvalue weighted by molar-refractivity contribution is 0.0120. The highest BCUT2D eigenvalue weighted by Gasteiger charge is 2.40. The summed E-state index contributed by atoms with van der Waals surface area (Å²) in [5.41, 5.74) is 3.43. The summed E-state index contributed by atoms with van der Waals surface area (Å²) in [6.07, 6.45) is 19.5. The van der Waals surface area contributed by atoms with Gasteiger partial charge in [-0.05, 0) is 98.5 Å². The third-order valence-corrected chi connectivity index (χ3v) is 10.4. The largest absolute Gasteiger partial charge is 0.412 e. The molecule has 2 fully saturated rings. The van der Waals surface area contributed by atoms with Crippen molar-refractivity contribution in [3.8, 4) is 0 Å². The number of rotatable bonds is 9. The summed E-state index contributed by atoms with van der Waals surface area (Å²) in [5, 5.41) is 15.0. The van der Waals surface area contributed by atoms with Gasteiger partial charge in [-0.15, -0.1) is 0 Å². The highest BCUT2D eigenvalue weighted by atomic mass is 35.5. The Morgan fingerprint density at radius 3 is 2.34 bits per heavy atom. The zero-order valence-electron chi connectivity index (χ0n) is 25.6. The topological polar surface area (TPSA) is 162 Å². The van der Waals surface area contributed by atoms with E-state index in [0.29, 0.717) is 35.8 Å². The van der Waals surface area contributed by atoms with E-state index in [1.54, 1.807) is 5.57 Å². The van der Waals surface area contributed by atoms with Gasteiger partial charge in [0.05, 0.1) is 0 Å². The van der Waals surface area contributed by atoms with Gasteiger partial charge in [-0.1, -0.05) is 83.4 Å². The third-order valence-electron chi connectivity index (χ3n) is 10.0. The molecule has 1 saturated carbocycles. The number of piperidine rings is 1. The Hall–Kier alpha value is -0.770. The zero-order chi connectivity index (χ0) is 25.7. The molecule has 4 rings (SSSR count). The van der Waals surface area contributed by atoms with Crippen LogP contribution in [-0.2, 0) is 0 Å². The standard InChI is InChI=1S/C32H53ClN2O.CH4.4H2O/c1-23(2)31(20-35-17-16-30(32(3,4)22-35)25-12-14-28(33)15-13-25)34-19-24-8-7-10-26(18-24)29-11-6-5-9-27(29)21-36;;;;;/h8,14,18,23,25,27,29-31,34,36H,5-7,9-13,15-17,19-22H2,1-4H3;1H4;4*1H2/t25?,27?,29?,30?,31-;;;;;/m0...../s1. The van der Waals surface area contributed by atoms with Gasteiger partial charge in [0.25, 0.3) is 0 Å². The van der Waals surface area contributed by atoms with Crippen LogP contribution in [0.15, 0.2) is 34.4 Å². The molecular formula is C33H65ClN2O5. The van der Waals surface area contributed by atoms with Gasteiger partial charge in [-0.25, -0.2) is 0 Å². The van der Waals surface area contributed by atoms with Crippen LogP contribution in [0, 0.1) is 35.0 Å². The Labute approximate surface area is 256 Å². The molecule has 0 spiro atoms. The number of nitrogens with zero attached hydrogens (tertiary/aromatic N) is 1. The van der Waals surface area contributed by atoms with Crippen LogP contribution in [0.4, 0.5) is 0 Å². The molecule has 41 heavy (non-hydrogen) atoms. The van der Waals surface area contributed by atoms with Gasteiger partial charge in [0.1, 0.15) is 0 Å². The van der Waals surface area contributed by atoms with E-state index in [-0.39, 0.29) is 29.3 Å². The van der Waals surface area contributed by atoms with Gasteiger partial charge >= 0.3 is 0 Å². The summed E-state index contributed by atoms with van der Waals surface area (Å²) < 4.78 is 0. The highest BCUT2D eigenvalue weighted by molar-refractivity contribution is 6.29. The number of aliphatic hydroxyl groups excluding tert-OH is 1. The Balaban J connectivity index is 0. The molecule has 0 aromatic carbocycles. The van der Waals surface area contributed by atoms with E-state index in [9.17, 15) is 5.11 Å². The summed E-state index contributed by atoms with van der Waals surface area (Å²) in [4.78, 5) is 2.74. The normalized spacial score (nSPS) is 28.6. The molecule has 0 radical (unpaired) electrons. The Morgan fingerprint density at radius 1 is 1.02 bits per heavy atom. The highest BCUT2D eigenvalue weighted by Crippen LogP contribution is 2.45. The van der Waals surface area contributed by atoms with Gasteiger partial charge in [-0.3, -0.25) is 0 Å². The molecule has 1 aliphatic heterocycles. The number of aliphatic hydroxyl groups is 1. The Morgan fingerprint density at radius 2 is 1.73 bits per heavy atom. The van der Waals surface area contributed by atoms with Crippen LogP contribution in [0.25, 0.3) is 0 Å². The molecule has 0 aromatic heterocycles. The average molecular weight is 605 g/mol. The molecule has 3 aliphatic carbocycles. The quantitative estimate of drug-likeness (QED) is 0.392. The van der Waals surface area contributed by atoms with Crippen molar-refractivity contribution in [3.63, 3.8) is 0 Å². The molecule has 5 atom stereocenters. The predicted octanol–water partition coefficient (Wildman–Crippen LogP) is 4.65. The third kappa shape index (κ3) is 11.3. The fourth-order valence-electron chi connectivity index (χ4n) is 7.86. The van der Waals surface area contributed by atoms with Gasteiger partial charge in [0.15, 0.2) is 0 Å². The average Bonchev–Trinajstić information content (AvgIpc) is 2.87. The molecule has 1 saturated heterocycles. The number of halogens is 1. The molecule has 4 aliphatic rings. The van der Waals surface area contributed by atoms with E-state index in [4.69, 9.17) is 11.6 Å². The molecule has 10 N–H and O–H groups in total. The summed E-state index contributed by atoms with van der Waals surface area (Å²) in [7, 11) is 0. The maximum absolute atomic E-state index is 9.92. The number of allylic oxidation sites excluding steroid dienone is 4. The monoisotopic (exact) mass is 604 g/mol. The van der Waals surface area contributed by atoms with Crippen molar-refractivity contribution in [2.45, 2.75) is 105 Å². The van der Waals surface area contributed by atoms with E-state index in [2.05, 4.69) is 56.1 Å². The fourth-order valence-corrected chi connectivity index (χ4v) is 8.06. The zero-order valence-corrected chi connectivity index (χ0v) is 26.3. The minimum absolute atomic E-state index is 0. The SMILES string of the molecule is C.CC(C)[C@H](CN1CCC(C2CC=C(Cl)CC2)C(C)(C)C1)NCC1=CCCC(C2CCCCC2CO)=C1.O.O.O.O. The molecule has 7 nitrogen and oxygen atoms in total. The molecule has 8 heteroatoms. The minimum Gasteiger partial charge on any atom is -0.412 e. The van der Waals surface area contributed by atoms with Gasteiger partial charge in [-0.2, -0.15) is 0 Å². The van der Waals surface area contributed by atoms with E-state index in [1.165, 1.54) is 70.0 Å². The van der Waals surface area contributed by atoms with Crippen molar-refractivity contribution in [3.05, 3.63) is 34.4 Å². The second-order valence-corrected chi connectivity index (χ2v) is 13.9. The van der Waals surface area contributed by atoms with Crippen LogP contribution < -0.4 is 5.32 Å². The molecule has 0 amide bonds. The van der Waals surface area contributed by atoms with Crippen molar-refractivity contribution < 1.29 is 27.0 Å². The second kappa shape index (κ2) is 19.5. The first kappa shape index (κ1) is 42.4. The van der Waals surface area contributed by atoms with E-state index < -0.39 is 0 Å². The van der Waals surface area contributed by atoms with E-state index in [1.807, 2.05) is 0 Å². The summed E-state index contributed by atoms with van der Waals surface area (Å²) in [5.74, 6) is 3.30. The van der Waals surface area contributed by atoms with Crippen molar-refractivity contribution in [2.75, 3.05) is 32.8 Å².